The Morgan fingerprint density at radius 1 is 1.22 bits per heavy atom. The Bertz CT molecular complexity index is 514. The number of aliphatic hydroxyl groups is 1. The maximum absolute atomic E-state index is 9.99. The van der Waals surface area contributed by atoms with Gasteiger partial charge in [0.2, 0.25) is 0 Å². The lowest BCUT2D eigenvalue weighted by atomic mass is 10.1. The van der Waals surface area contributed by atoms with Gasteiger partial charge in [0, 0.05) is 6.54 Å². The summed E-state index contributed by atoms with van der Waals surface area (Å²) in [5.74, 6) is 0.719. The Kier molecular flexibility index (Phi) is 3.79. The summed E-state index contributed by atoms with van der Waals surface area (Å²) in [5, 5.41) is 13.1. The van der Waals surface area contributed by atoms with Crippen LogP contribution >= 0.6 is 0 Å². The van der Waals surface area contributed by atoms with Crippen LogP contribution < -0.4 is 11.1 Å². The lowest BCUT2D eigenvalue weighted by Gasteiger charge is -2.13. The van der Waals surface area contributed by atoms with Crippen molar-refractivity contribution in [3.8, 4) is 0 Å². The Morgan fingerprint density at radius 3 is 2.61 bits per heavy atom. The van der Waals surface area contributed by atoms with E-state index >= 15 is 0 Å². The van der Waals surface area contributed by atoms with E-state index in [0.717, 1.165) is 17.1 Å². The number of aryl methyl sites for hydroxylation is 1. The molecule has 1 heterocycles. The van der Waals surface area contributed by atoms with Gasteiger partial charge in [-0.15, -0.1) is 0 Å². The zero-order valence-electron chi connectivity index (χ0n) is 10.3. The second-order valence-corrected chi connectivity index (χ2v) is 4.18. The summed E-state index contributed by atoms with van der Waals surface area (Å²) in [4.78, 5) is 4.29. The van der Waals surface area contributed by atoms with E-state index in [1.54, 1.807) is 12.1 Å². The van der Waals surface area contributed by atoms with Gasteiger partial charge >= 0.3 is 0 Å². The van der Waals surface area contributed by atoms with Gasteiger partial charge in [0.05, 0.1) is 17.5 Å². The summed E-state index contributed by atoms with van der Waals surface area (Å²) in [6.45, 7) is 2.27. The maximum atomic E-state index is 9.99. The molecule has 0 spiro atoms. The number of rotatable bonds is 4. The first-order valence-corrected chi connectivity index (χ1v) is 5.87. The average Bonchev–Trinajstić information content (AvgIpc) is 2.41. The number of nitrogens with one attached hydrogen (secondary N) is 1. The Labute approximate surface area is 106 Å². The standard InChI is InChI=1S/C14H17N3O/c1-10-12(15)7-8-14(17-10)16-9-13(18)11-5-3-2-4-6-11/h2-8,13,18H,9,15H2,1H3,(H,16,17). The van der Waals surface area contributed by atoms with Crippen LogP contribution in [0, 0.1) is 6.92 Å². The summed E-state index contributed by atoms with van der Waals surface area (Å²) >= 11 is 0. The van der Waals surface area contributed by atoms with E-state index in [-0.39, 0.29) is 0 Å². The van der Waals surface area contributed by atoms with Crippen molar-refractivity contribution in [1.29, 1.82) is 0 Å². The number of aliphatic hydroxyl groups excluding tert-OH is 1. The van der Waals surface area contributed by atoms with Crippen molar-refractivity contribution >= 4 is 11.5 Å². The first-order chi connectivity index (χ1) is 8.66. The number of pyridine rings is 1. The fourth-order valence-corrected chi connectivity index (χ4v) is 1.66. The van der Waals surface area contributed by atoms with Crippen molar-refractivity contribution < 1.29 is 5.11 Å². The normalized spacial score (nSPS) is 12.1. The number of nitrogens with zero attached hydrogens (tertiary/aromatic N) is 1. The first kappa shape index (κ1) is 12.4. The van der Waals surface area contributed by atoms with Crippen LogP contribution in [0.25, 0.3) is 0 Å². The summed E-state index contributed by atoms with van der Waals surface area (Å²) in [6, 6.07) is 13.1. The van der Waals surface area contributed by atoms with Gasteiger partial charge in [0.25, 0.3) is 0 Å². The molecule has 1 unspecified atom stereocenters. The minimum absolute atomic E-state index is 0.417. The number of benzene rings is 1. The van der Waals surface area contributed by atoms with Crippen LogP contribution in [0.4, 0.5) is 11.5 Å². The van der Waals surface area contributed by atoms with Crippen LogP contribution in [0.2, 0.25) is 0 Å². The van der Waals surface area contributed by atoms with Crippen LogP contribution in [0.3, 0.4) is 0 Å². The molecule has 0 aliphatic carbocycles. The Hall–Kier alpha value is -2.07. The fourth-order valence-electron chi connectivity index (χ4n) is 1.66. The molecule has 94 valence electrons. The first-order valence-electron chi connectivity index (χ1n) is 5.87. The summed E-state index contributed by atoms with van der Waals surface area (Å²) in [7, 11) is 0. The minimum Gasteiger partial charge on any atom is -0.397 e. The fraction of sp³-hybridized carbons (Fsp3) is 0.214. The lowest BCUT2D eigenvalue weighted by molar-refractivity contribution is 0.191. The molecule has 4 nitrogen and oxygen atoms in total. The van der Waals surface area contributed by atoms with Gasteiger partial charge in [-0.05, 0) is 24.6 Å². The monoisotopic (exact) mass is 243 g/mol. The highest BCUT2D eigenvalue weighted by Crippen LogP contribution is 2.15. The third-order valence-corrected chi connectivity index (χ3v) is 2.79. The SMILES string of the molecule is Cc1nc(NCC(O)c2ccccc2)ccc1N. The van der Waals surface area contributed by atoms with E-state index in [0.29, 0.717) is 12.2 Å². The third-order valence-electron chi connectivity index (χ3n) is 2.79. The van der Waals surface area contributed by atoms with Crippen molar-refractivity contribution in [1.82, 2.24) is 4.98 Å². The third kappa shape index (κ3) is 2.99. The quantitative estimate of drug-likeness (QED) is 0.769. The van der Waals surface area contributed by atoms with Gasteiger partial charge in [0.1, 0.15) is 5.82 Å². The average molecular weight is 243 g/mol. The molecule has 0 saturated heterocycles. The molecule has 0 amide bonds. The topological polar surface area (TPSA) is 71.2 Å². The van der Waals surface area contributed by atoms with Gasteiger partial charge in [0.15, 0.2) is 0 Å². The molecular weight excluding hydrogens is 226 g/mol. The molecule has 2 aromatic rings. The number of hydrogen-bond acceptors (Lipinski definition) is 4. The van der Waals surface area contributed by atoms with Crippen LogP contribution in [-0.4, -0.2) is 16.6 Å². The Morgan fingerprint density at radius 2 is 1.94 bits per heavy atom. The number of anilines is 2. The van der Waals surface area contributed by atoms with E-state index in [2.05, 4.69) is 10.3 Å². The molecule has 4 N–H and O–H groups in total. The van der Waals surface area contributed by atoms with Gasteiger partial charge in [-0.25, -0.2) is 4.98 Å². The second-order valence-electron chi connectivity index (χ2n) is 4.18. The van der Waals surface area contributed by atoms with Crippen LogP contribution in [0.15, 0.2) is 42.5 Å². The number of nitrogen functional groups attached to an aromatic ring is 1. The molecule has 4 heteroatoms. The number of hydrogen-bond donors (Lipinski definition) is 3. The van der Waals surface area contributed by atoms with Crippen LogP contribution in [0.5, 0.6) is 0 Å². The predicted molar refractivity (Wildman–Crippen MR) is 73.3 cm³/mol. The molecule has 0 fully saturated rings. The molecule has 2 rings (SSSR count). The van der Waals surface area contributed by atoms with Crippen molar-refractivity contribution in [3.05, 3.63) is 53.7 Å². The summed E-state index contributed by atoms with van der Waals surface area (Å²) in [5.41, 5.74) is 8.04. The van der Waals surface area contributed by atoms with Crippen molar-refractivity contribution in [2.24, 2.45) is 0 Å². The molecule has 0 aliphatic heterocycles. The van der Waals surface area contributed by atoms with Crippen LogP contribution in [0.1, 0.15) is 17.4 Å². The van der Waals surface area contributed by atoms with E-state index in [1.165, 1.54) is 0 Å². The molecule has 1 aromatic carbocycles. The van der Waals surface area contributed by atoms with Crippen LogP contribution in [-0.2, 0) is 0 Å². The van der Waals surface area contributed by atoms with Crippen molar-refractivity contribution in [3.63, 3.8) is 0 Å². The molecule has 1 aromatic heterocycles. The van der Waals surface area contributed by atoms with Crippen molar-refractivity contribution in [2.45, 2.75) is 13.0 Å². The van der Waals surface area contributed by atoms with Gasteiger partial charge < -0.3 is 16.2 Å². The van der Waals surface area contributed by atoms with E-state index < -0.39 is 6.10 Å². The zero-order chi connectivity index (χ0) is 13.0. The lowest BCUT2D eigenvalue weighted by Crippen LogP contribution is -2.13. The smallest absolute Gasteiger partial charge is 0.126 e. The largest absolute Gasteiger partial charge is 0.397 e. The highest BCUT2D eigenvalue weighted by Gasteiger charge is 2.07. The van der Waals surface area contributed by atoms with E-state index in [4.69, 9.17) is 5.73 Å². The van der Waals surface area contributed by atoms with Gasteiger partial charge in [-0.1, -0.05) is 30.3 Å². The number of nitrogens with two attached hydrogens (primary N) is 1. The molecule has 0 saturated carbocycles. The van der Waals surface area contributed by atoms with Gasteiger partial charge in [-0.2, -0.15) is 0 Å². The second kappa shape index (κ2) is 5.51. The van der Waals surface area contributed by atoms with E-state index in [9.17, 15) is 5.11 Å². The molecule has 0 bridgehead atoms. The summed E-state index contributed by atoms with van der Waals surface area (Å²) < 4.78 is 0. The predicted octanol–water partition coefficient (Wildman–Crippen LogP) is 2.12. The minimum atomic E-state index is -0.550. The Balaban J connectivity index is 1.97. The number of aromatic nitrogens is 1. The molecule has 0 aliphatic rings. The molecule has 18 heavy (non-hydrogen) atoms. The van der Waals surface area contributed by atoms with Gasteiger partial charge in [-0.3, -0.25) is 0 Å². The molecule has 0 radical (unpaired) electrons. The molecule has 1 atom stereocenters. The summed E-state index contributed by atoms with van der Waals surface area (Å²) in [6.07, 6.45) is -0.550. The maximum Gasteiger partial charge on any atom is 0.126 e. The zero-order valence-corrected chi connectivity index (χ0v) is 10.3. The highest BCUT2D eigenvalue weighted by atomic mass is 16.3. The van der Waals surface area contributed by atoms with E-state index in [1.807, 2.05) is 37.3 Å². The van der Waals surface area contributed by atoms with Crippen molar-refractivity contribution in [2.75, 3.05) is 17.6 Å². The molecular formula is C14H17N3O. The highest BCUT2D eigenvalue weighted by molar-refractivity contribution is 5.49.